The number of nitrogens with zero attached hydrogens (tertiary/aromatic N) is 2. The SMILES string of the molecule is CN1CCC(N(C)CC2CCC(C(=O)O)CC2)CC1. The minimum Gasteiger partial charge on any atom is -0.481 e. The zero-order valence-electron chi connectivity index (χ0n) is 12.3. The normalized spacial score (nSPS) is 30.7. The summed E-state index contributed by atoms with van der Waals surface area (Å²) in [6, 6.07) is 0.730. The zero-order valence-corrected chi connectivity index (χ0v) is 12.3. The van der Waals surface area contributed by atoms with Gasteiger partial charge in [0, 0.05) is 12.6 Å². The second-order valence-corrected chi connectivity index (χ2v) is 6.53. The van der Waals surface area contributed by atoms with E-state index in [1.165, 1.54) is 25.9 Å². The Kier molecular flexibility index (Phi) is 5.22. The molecule has 4 nitrogen and oxygen atoms in total. The van der Waals surface area contributed by atoms with Gasteiger partial charge in [0.05, 0.1) is 5.92 Å². The van der Waals surface area contributed by atoms with Gasteiger partial charge in [0.2, 0.25) is 0 Å². The quantitative estimate of drug-likeness (QED) is 0.846. The van der Waals surface area contributed by atoms with Crippen LogP contribution in [-0.2, 0) is 4.79 Å². The van der Waals surface area contributed by atoms with E-state index in [0.717, 1.165) is 38.3 Å². The highest BCUT2D eigenvalue weighted by Crippen LogP contribution is 2.30. The molecule has 2 rings (SSSR count). The van der Waals surface area contributed by atoms with Gasteiger partial charge in [-0.3, -0.25) is 4.79 Å². The molecule has 0 radical (unpaired) electrons. The number of piperidine rings is 1. The van der Waals surface area contributed by atoms with Gasteiger partial charge in [0.25, 0.3) is 0 Å². The van der Waals surface area contributed by atoms with Gasteiger partial charge < -0.3 is 14.9 Å². The Bertz CT molecular complexity index is 293. The molecule has 1 saturated heterocycles. The zero-order chi connectivity index (χ0) is 13.8. The summed E-state index contributed by atoms with van der Waals surface area (Å²) in [7, 11) is 4.45. The molecule has 2 fully saturated rings. The number of rotatable bonds is 4. The molecule has 0 atom stereocenters. The lowest BCUT2D eigenvalue weighted by molar-refractivity contribution is -0.143. The van der Waals surface area contributed by atoms with E-state index in [9.17, 15) is 4.79 Å². The molecule has 0 amide bonds. The van der Waals surface area contributed by atoms with Crippen LogP contribution in [0.3, 0.4) is 0 Å². The lowest BCUT2D eigenvalue weighted by Crippen LogP contribution is -2.44. The van der Waals surface area contributed by atoms with Crippen molar-refractivity contribution in [3.8, 4) is 0 Å². The smallest absolute Gasteiger partial charge is 0.306 e. The average Bonchev–Trinajstić information content (AvgIpc) is 2.40. The Balaban J connectivity index is 1.71. The van der Waals surface area contributed by atoms with E-state index in [0.29, 0.717) is 5.92 Å². The summed E-state index contributed by atoms with van der Waals surface area (Å²) in [5.74, 6) is 0.0345. The summed E-state index contributed by atoms with van der Waals surface area (Å²) < 4.78 is 0. The second-order valence-electron chi connectivity index (χ2n) is 6.53. The molecule has 4 heteroatoms. The highest BCUT2D eigenvalue weighted by molar-refractivity contribution is 5.69. The van der Waals surface area contributed by atoms with E-state index < -0.39 is 5.97 Å². The largest absolute Gasteiger partial charge is 0.481 e. The molecule has 110 valence electrons. The molecule has 1 aliphatic heterocycles. The minimum atomic E-state index is -0.595. The second kappa shape index (κ2) is 6.71. The Morgan fingerprint density at radius 1 is 1.16 bits per heavy atom. The van der Waals surface area contributed by atoms with E-state index >= 15 is 0 Å². The Morgan fingerprint density at radius 3 is 2.26 bits per heavy atom. The average molecular weight is 268 g/mol. The summed E-state index contributed by atoms with van der Waals surface area (Å²) in [6.07, 6.45) is 6.49. The van der Waals surface area contributed by atoms with Gasteiger partial charge in [0.15, 0.2) is 0 Å². The fraction of sp³-hybridized carbons (Fsp3) is 0.933. The fourth-order valence-electron chi connectivity index (χ4n) is 3.58. The molecular formula is C15H28N2O2. The van der Waals surface area contributed by atoms with E-state index in [1.807, 2.05) is 0 Å². The van der Waals surface area contributed by atoms with Gasteiger partial charge in [-0.05, 0) is 71.6 Å². The van der Waals surface area contributed by atoms with Gasteiger partial charge in [-0.1, -0.05) is 0 Å². The number of hydrogen-bond acceptors (Lipinski definition) is 3. The first kappa shape index (κ1) is 14.8. The minimum absolute atomic E-state index is 0.0788. The molecule has 0 aromatic heterocycles. The highest BCUT2D eigenvalue weighted by atomic mass is 16.4. The van der Waals surface area contributed by atoms with Gasteiger partial charge >= 0.3 is 5.97 Å². The molecule has 2 aliphatic rings. The third-order valence-electron chi connectivity index (χ3n) is 5.05. The van der Waals surface area contributed by atoms with Crippen LogP contribution < -0.4 is 0 Å². The summed E-state index contributed by atoms with van der Waals surface area (Å²) in [4.78, 5) is 15.9. The van der Waals surface area contributed by atoms with Crippen molar-refractivity contribution in [3.63, 3.8) is 0 Å². The van der Waals surface area contributed by atoms with E-state index in [-0.39, 0.29) is 5.92 Å². The fourth-order valence-corrected chi connectivity index (χ4v) is 3.58. The van der Waals surface area contributed by atoms with E-state index in [2.05, 4.69) is 23.9 Å². The van der Waals surface area contributed by atoms with Crippen LogP contribution in [0.2, 0.25) is 0 Å². The van der Waals surface area contributed by atoms with Crippen LogP contribution in [0, 0.1) is 11.8 Å². The maximum atomic E-state index is 10.9. The van der Waals surface area contributed by atoms with Crippen molar-refractivity contribution < 1.29 is 9.90 Å². The molecule has 1 heterocycles. The van der Waals surface area contributed by atoms with Crippen molar-refractivity contribution in [2.24, 2.45) is 11.8 Å². The number of carboxylic acids is 1. The molecule has 1 aliphatic carbocycles. The first-order valence-electron chi connectivity index (χ1n) is 7.68. The van der Waals surface area contributed by atoms with Crippen LogP contribution in [0.15, 0.2) is 0 Å². The van der Waals surface area contributed by atoms with Gasteiger partial charge in [-0.2, -0.15) is 0 Å². The Hall–Kier alpha value is -0.610. The molecule has 0 unspecified atom stereocenters. The third kappa shape index (κ3) is 4.18. The van der Waals surface area contributed by atoms with Crippen LogP contribution in [0.1, 0.15) is 38.5 Å². The Labute approximate surface area is 116 Å². The number of hydrogen-bond donors (Lipinski definition) is 1. The predicted molar refractivity (Wildman–Crippen MR) is 76.2 cm³/mol. The van der Waals surface area contributed by atoms with E-state index in [4.69, 9.17) is 5.11 Å². The third-order valence-corrected chi connectivity index (χ3v) is 5.05. The van der Waals surface area contributed by atoms with Crippen LogP contribution in [-0.4, -0.2) is 60.6 Å². The molecule has 0 spiro atoms. The molecule has 1 N–H and O–H groups in total. The molecule has 0 aromatic rings. The summed E-state index contributed by atoms with van der Waals surface area (Å²) in [5, 5.41) is 9.02. The molecular weight excluding hydrogens is 240 g/mol. The molecule has 1 saturated carbocycles. The van der Waals surface area contributed by atoms with Gasteiger partial charge in [-0.15, -0.1) is 0 Å². The summed E-state index contributed by atoms with van der Waals surface area (Å²) >= 11 is 0. The number of carbonyl (C=O) groups is 1. The van der Waals surface area contributed by atoms with Crippen molar-refractivity contribution in [2.75, 3.05) is 33.7 Å². The van der Waals surface area contributed by atoms with Crippen molar-refractivity contribution in [2.45, 2.75) is 44.6 Å². The number of likely N-dealkylation sites (tertiary alicyclic amines) is 1. The maximum absolute atomic E-state index is 10.9. The maximum Gasteiger partial charge on any atom is 0.306 e. The first-order chi connectivity index (χ1) is 9.06. The molecule has 0 aromatic carbocycles. The number of aliphatic carboxylic acids is 1. The van der Waals surface area contributed by atoms with Crippen LogP contribution >= 0.6 is 0 Å². The van der Waals surface area contributed by atoms with Crippen molar-refractivity contribution in [1.29, 1.82) is 0 Å². The summed E-state index contributed by atoms with van der Waals surface area (Å²) in [6.45, 7) is 3.57. The lowest BCUT2D eigenvalue weighted by Gasteiger charge is -2.38. The van der Waals surface area contributed by atoms with Gasteiger partial charge in [0.1, 0.15) is 0 Å². The topological polar surface area (TPSA) is 43.8 Å². The van der Waals surface area contributed by atoms with Gasteiger partial charge in [-0.25, -0.2) is 0 Å². The van der Waals surface area contributed by atoms with Crippen LogP contribution in [0.5, 0.6) is 0 Å². The Morgan fingerprint density at radius 2 is 1.74 bits per heavy atom. The number of carboxylic acid groups (broad SMARTS) is 1. The monoisotopic (exact) mass is 268 g/mol. The summed E-state index contributed by atoms with van der Waals surface area (Å²) in [5.41, 5.74) is 0. The first-order valence-corrected chi connectivity index (χ1v) is 7.68. The van der Waals surface area contributed by atoms with Crippen LogP contribution in [0.4, 0.5) is 0 Å². The van der Waals surface area contributed by atoms with Crippen molar-refractivity contribution >= 4 is 5.97 Å². The predicted octanol–water partition coefficient (Wildman–Crippen LogP) is 1.90. The van der Waals surface area contributed by atoms with Crippen LogP contribution in [0.25, 0.3) is 0 Å². The highest BCUT2D eigenvalue weighted by Gasteiger charge is 2.28. The lowest BCUT2D eigenvalue weighted by atomic mass is 9.81. The standard InChI is InChI=1S/C15H28N2O2/c1-16-9-7-14(8-10-16)17(2)11-12-3-5-13(6-4-12)15(18)19/h12-14H,3-11H2,1-2H3,(H,18,19). The molecule has 19 heavy (non-hydrogen) atoms. The van der Waals surface area contributed by atoms with E-state index in [1.54, 1.807) is 0 Å². The molecule has 0 bridgehead atoms. The van der Waals surface area contributed by atoms with Crippen molar-refractivity contribution in [1.82, 2.24) is 9.80 Å². The van der Waals surface area contributed by atoms with Crippen molar-refractivity contribution in [3.05, 3.63) is 0 Å².